The second-order valence-electron chi connectivity index (χ2n) is 12.0. The number of rotatable bonds is 3. The van der Waals surface area contributed by atoms with E-state index in [1.165, 1.54) is 38.9 Å². The van der Waals surface area contributed by atoms with E-state index in [2.05, 4.69) is 130 Å². The molecular formula is C32H42NO+. The van der Waals surface area contributed by atoms with Crippen LogP contribution in [0.3, 0.4) is 0 Å². The Morgan fingerprint density at radius 3 is 1.35 bits per heavy atom. The van der Waals surface area contributed by atoms with Crippen molar-refractivity contribution < 1.29 is 9.67 Å². The number of phenols is 1. The summed E-state index contributed by atoms with van der Waals surface area (Å²) in [6, 6.07) is 8.82. The molecule has 2 heteroatoms. The quantitative estimate of drug-likeness (QED) is 0.314. The number of nitrogens with zero attached hydrogens (tertiary/aromatic N) is 1. The summed E-state index contributed by atoms with van der Waals surface area (Å²) in [5.74, 6) is 0.426. The van der Waals surface area contributed by atoms with E-state index >= 15 is 0 Å². The summed E-state index contributed by atoms with van der Waals surface area (Å²) >= 11 is 0. The third-order valence-corrected chi connectivity index (χ3v) is 6.60. The summed E-state index contributed by atoms with van der Waals surface area (Å²) in [4.78, 5) is 0. The van der Waals surface area contributed by atoms with Gasteiger partial charge in [-0.2, -0.15) is 0 Å². The Bertz CT molecular complexity index is 1180. The highest BCUT2D eigenvalue weighted by Gasteiger charge is 2.26. The van der Waals surface area contributed by atoms with Gasteiger partial charge < -0.3 is 5.11 Å². The first-order valence-electron chi connectivity index (χ1n) is 12.2. The number of benzene rings is 2. The van der Waals surface area contributed by atoms with Gasteiger partial charge in [0.2, 0.25) is 0 Å². The Hall–Kier alpha value is -2.87. The number of pyridine rings is 1. The highest BCUT2D eigenvalue weighted by molar-refractivity contribution is 5.79. The van der Waals surface area contributed by atoms with E-state index in [0.717, 1.165) is 16.7 Å². The van der Waals surface area contributed by atoms with Crippen molar-refractivity contribution in [3.8, 4) is 16.9 Å². The van der Waals surface area contributed by atoms with E-state index in [9.17, 15) is 5.11 Å². The Labute approximate surface area is 207 Å². The van der Waals surface area contributed by atoms with Gasteiger partial charge in [-0.1, -0.05) is 65.8 Å². The minimum absolute atomic E-state index is 0.134. The third-order valence-electron chi connectivity index (χ3n) is 6.60. The molecule has 0 fully saturated rings. The summed E-state index contributed by atoms with van der Waals surface area (Å²) in [6.07, 6.45) is 8.76. The van der Waals surface area contributed by atoms with E-state index in [1.807, 2.05) is 0 Å². The number of aromatic hydroxyl groups is 1. The van der Waals surface area contributed by atoms with Crippen molar-refractivity contribution in [2.75, 3.05) is 0 Å². The van der Waals surface area contributed by atoms with E-state index in [1.54, 1.807) is 0 Å². The molecule has 34 heavy (non-hydrogen) atoms. The first-order valence-corrected chi connectivity index (χ1v) is 12.2. The second-order valence-corrected chi connectivity index (χ2v) is 12.0. The minimum atomic E-state index is -0.134. The summed E-state index contributed by atoms with van der Waals surface area (Å²) in [6.45, 7) is 21.7. The van der Waals surface area contributed by atoms with Crippen LogP contribution in [-0.2, 0) is 17.9 Å². The van der Waals surface area contributed by atoms with E-state index < -0.39 is 0 Å². The van der Waals surface area contributed by atoms with Crippen LogP contribution in [0.1, 0.15) is 86.1 Å². The maximum absolute atomic E-state index is 11.0. The topological polar surface area (TPSA) is 24.1 Å². The molecule has 1 aromatic heterocycles. The lowest BCUT2D eigenvalue weighted by Gasteiger charge is -2.27. The molecule has 0 amide bonds. The van der Waals surface area contributed by atoms with Gasteiger partial charge in [-0.15, -0.1) is 0 Å². The van der Waals surface area contributed by atoms with Crippen molar-refractivity contribution in [2.45, 2.75) is 80.1 Å². The zero-order chi connectivity index (χ0) is 25.6. The molecule has 0 bridgehead atoms. The fraction of sp³-hybridized carbons (Fsp3) is 0.406. The van der Waals surface area contributed by atoms with Crippen molar-refractivity contribution in [1.82, 2.24) is 0 Å². The number of phenolic OH excluding ortho intramolecular Hbond substituents is 1. The van der Waals surface area contributed by atoms with Crippen molar-refractivity contribution in [3.05, 3.63) is 81.2 Å². The van der Waals surface area contributed by atoms with Gasteiger partial charge in [0.1, 0.15) is 12.8 Å². The van der Waals surface area contributed by atoms with Crippen LogP contribution in [0.2, 0.25) is 0 Å². The molecule has 0 aliphatic heterocycles. The highest BCUT2D eigenvalue weighted by atomic mass is 16.3. The molecular weight excluding hydrogens is 414 g/mol. The normalized spacial score (nSPS) is 12.6. The van der Waals surface area contributed by atoms with Gasteiger partial charge in [0, 0.05) is 22.3 Å². The van der Waals surface area contributed by atoms with E-state index in [4.69, 9.17) is 0 Å². The third kappa shape index (κ3) is 5.27. The van der Waals surface area contributed by atoms with Crippen LogP contribution >= 0.6 is 0 Å². The fourth-order valence-electron chi connectivity index (χ4n) is 5.06. The van der Waals surface area contributed by atoms with Crippen LogP contribution in [0.5, 0.6) is 5.75 Å². The predicted octanol–water partition coefficient (Wildman–Crippen LogP) is 7.88. The van der Waals surface area contributed by atoms with Crippen LogP contribution in [0, 0.1) is 27.7 Å². The molecule has 0 spiro atoms. The van der Waals surface area contributed by atoms with Crippen molar-refractivity contribution in [2.24, 2.45) is 7.05 Å². The Morgan fingerprint density at radius 1 is 0.618 bits per heavy atom. The van der Waals surface area contributed by atoms with Gasteiger partial charge in [0.15, 0.2) is 12.4 Å². The van der Waals surface area contributed by atoms with Crippen molar-refractivity contribution in [3.63, 3.8) is 0 Å². The maximum atomic E-state index is 11.0. The Morgan fingerprint density at radius 2 is 0.971 bits per heavy atom. The standard InChI is InChI=1S/C32H41NO/c1-20-14-24(15-21(2)28(20)29-22(3)18-33(11)19-23(29)4)12-13-25-16-26(31(5,6)7)30(34)27(17-25)32(8,9)10/h12-19H,1-11H3/p+1. The molecule has 3 aromatic rings. The summed E-state index contributed by atoms with van der Waals surface area (Å²) in [5, 5.41) is 11.0. The molecule has 0 atom stereocenters. The highest BCUT2D eigenvalue weighted by Crippen LogP contribution is 2.40. The van der Waals surface area contributed by atoms with Crippen LogP contribution in [0.15, 0.2) is 36.7 Å². The first-order chi connectivity index (χ1) is 15.6. The number of aryl methyl sites for hydroxylation is 5. The second kappa shape index (κ2) is 9.06. The molecule has 0 unspecified atom stereocenters. The Kier molecular flexibility index (Phi) is 6.86. The van der Waals surface area contributed by atoms with E-state index in [-0.39, 0.29) is 10.8 Å². The summed E-state index contributed by atoms with van der Waals surface area (Å²) in [5.41, 5.74) is 11.9. The molecule has 2 nitrogen and oxygen atoms in total. The molecule has 0 saturated heterocycles. The molecule has 2 aromatic carbocycles. The van der Waals surface area contributed by atoms with Gasteiger partial charge in [-0.05, 0) is 84.0 Å². The SMILES string of the molecule is Cc1cc(/C=C/c2cc(C(C)(C)C)c(O)c(C(C)(C)C)c2)cc(C)c1-c1c(C)c[n+](C)cc1C. The average molecular weight is 457 g/mol. The minimum Gasteiger partial charge on any atom is -0.507 e. The van der Waals surface area contributed by atoms with Gasteiger partial charge >= 0.3 is 0 Å². The molecule has 3 rings (SSSR count). The van der Waals surface area contributed by atoms with Crippen LogP contribution in [-0.4, -0.2) is 5.11 Å². The van der Waals surface area contributed by atoms with Gasteiger partial charge in [0.05, 0.1) is 0 Å². The van der Waals surface area contributed by atoms with Gasteiger partial charge in [-0.3, -0.25) is 0 Å². The lowest BCUT2D eigenvalue weighted by Crippen LogP contribution is -2.28. The molecule has 1 N–H and O–H groups in total. The molecule has 1 heterocycles. The smallest absolute Gasteiger partial charge is 0.172 e. The Balaban J connectivity index is 2.08. The number of aromatic nitrogens is 1. The van der Waals surface area contributed by atoms with Crippen molar-refractivity contribution in [1.29, 1.82) is 0 Å². The summed E-state index contributed by atoms with van der Waals surface area (Å²) < 4.78 is 2.13. The number of hydrogen-bond donors (Lipinski definition) is 1. The lowest BCUT2D eigenvalue weighted by atomic mass is 9.78. The first kappa shape index (κ1) is 25.7. The lowest BCUT2D eigenvalue weighted by molar-refractivity contribution is -0.672. The summed E-state index contributed by atoms with van der Waals surface area (Å²) in [7, 11) is 2.08. The fourth-order valence-corrected chi connectivity index (χ4v) is 5.06. The zero-order valence-corrected chi connectivity index (χ0v) is 23.0. The van der Waals surface area contributed by atoms with Crippen LogP contribution in [0.25, 0.3) is 23.3 Å². The predicted molar refractivity (Wildman–Crippen MR) is 146 cm³/mol. The van der Waals surface area contributed by atoms with E-state index in [0.29, 0.717) is 5.75 Å². The molecule has 0 saturated carbocycles. The average Bonchev–Trinajstić information content (AvgIpc) is 2.66. The van der Waals surface area contributed by atoms with Crippen molar-refractivity contribution >= 4 is 12.2 Å². The molecule has 0 aliphatic carbocycles. The molecule has 180 valence electrons. The van der Waals surface area contributed by atoms with Crippen LogP contribution < -0.4 is 4.57 Å². The largest absolute Gasteiger partial charge is 0.507 e. The molecule has 0 radical (unpaired) electrons. The maximum Gasteiger partial charge on any atom is 0.172 e. The molecule has 0 aliphatic rings. The monoisotopic (exact) mass is 456 g/mol. The number of hydrogen-bond acceptors (Lipinski definition) is 1. The van der Waals surface area contributed by atoms with Gasteiger partial charge in [-0.25, -0.2) is 4.57 Å². The van der Waals surface area contributed by atoms with Gasteiger partial charge in [0.25, 0.3) is 0 Å². The zero-order valence-electron chi connectivity index (χ0n) is 23.0. The van der Waals surface area contributed by atoms with Crippen LogP contribution in [0.4, 0.5) is 0 Å².